The predicted octanol–water partition coefficient (Wildman–Crippen LogP) is 2.55. The highest BCUT2D eigenvalue weighted by molar-refractivity contribution is 6.30. The first-order valence-corrected chi connectivity index (χ1v) is 4.02. The van der Waals surface area contributed by atoms with Gasteiger partial charge in [-0.25, -0.2) is 8.78 Å². The van der Waals surface area contributed by atoms with Gasteiger partial charge in [0.2, 0.25) is 0 Å². The summed E-state index contributed by atoms with van der Waals surface area (Å²) in [5, 5.41) is 8.21. The third-order valence-corrected chi connectivity index (χ3v) is 2.07. The van der Waals surface area contributed by atoms with Gasteiger partial charge in [0.15, 0.2) is 0 Å². The van der Waals surface area contributed by atoms with E-state index in [1.54, 1.807) is 6.92 Å². The van der Waals surface area contributed by atoms with Crippen molar-refractivity contribution < 1.29 is 13.9 Å². The van der Waals surface area contributed by atoms with E-state index in [0.29, 0.717) is 11.5 Å². The summed E-state index contributed by atoms with van der Waals surface area (Å²) in [5.41, 5.74) is 0.321. The molecule has 1 aromatic carbocycles. The molecule has 0 heterocycles. The van der Waals surface area contributed by atoms with Crippen LogP contribution in [-0.2, 0) is 0 Å². The molecule has 0 amide bonds. The summed E-state index contributed by atoms with van der Waals surface area (Å²) in [7, 11) is 0. The molecule has 0 aliphatic carbocycles. The molecule has 71 valence electrons. The molecule has 1 radical (unpaired) electrons. The average Bonchev–Trinajstić information content (AvgIpc) is 2.12. The van der Waals surface area contributed by atoms with Crippen LogP contribution in [0.5, 0.6) is 0 Å². The van der Waals surface area contributed by atoms with Crippen LogP contribution in [0.2, 0.25) is 5.02 Å². The SMILES string of the molecule is C[C](CO)c1cc(F)c(Cl)c(F)c1. The fraction of sp³-hybridized carbons (Fsp3) is 0.222. The average molecular weight is 206 g/mol. The molecule has 0 aliphatic heterocycles. The molecule has 0 atom stereocenters. The van der Waals surface area contributed by atoms with Crippen LogP contribution in [0.4, 0.5) is 8.78 Å². The Kier molecular flexibility index (Phi) is 3.22. The van der Waals surface area contributed by atoms with Crippen molar-refractivity contribution in [2.24, 2.45) is 0 Å². The molecule has 0 fully saturated rings. The molecule has 0 spiro atoms. The lowest BCUT2D eigenvalue weighted by atomic mass is 10.0. The van der Waals surface area contributed by atoms with E-state index < -0.39 is 16.7 Å². The molecular weight excluding hydrogens is 198 g/mol. The topological polar surface area (TPSA) is 20.2 Å². The number of rotatable bonds is 2. The lowest BCUT2D eigenvalue weighted by Crippen LogP contribution is -2.01. The summed E-state index contributed by atoms with van der Waals surface area (Å²) in [6.45, 7) is 1.35. The third-order valence-electron chi connectivity index (χ3n) is 1.71. The predicted molar refractivity (Wildman–Crippen MR) is 46.5 cm³/mol. The minimum Gasteiger partial charge on any atom is -0.395 e. The quantitative estimate of drug-likeness (QED) is 0.736. The monoisotopic (exact) mass is 205 g/mol. The summed E-state index contributed by atoms with van der Waals surface area (Å²) < 4.78 is 25.7. The van der Waals surface area contributed by atoms with E-state index in [2.05, 4.69) is 0 Å². The minimum absolute atomic E-state index is 0.236. The van der Waals surface area contributed by atoms with Gasteiger partial charge in [-0.15, -0.1) is 0 Å². The van der Waals surface area contributed by atoms with Crippen molar-refractivity contribution in [3.8, 4) is 0 Å². The summed E-state index contributed by atoms with van der Waals surface area (Å²) in [4.78, 5) is 0. The zero-order valence-corrected chi connectivity index (χ0v) is 7.70. The maximum absolute atomic E-state index is 12.9. The zero-order valence-electron chi connectivity index (χ0n) is 6.94. The van der Waals surface area contributed by atoms with Crippen LogP contribution < -0.4 is 0 Å². The van der Waals surface area contributed by atoms with Crippen molar-refractivity contribution in [2.75, 3.05) is 6.61 Å². The first-order valence-electron chi connectivity index (χ1n) is 3.64. The largest absolute Gasteiger partial charge is 0.395 e. The highest BCUT2D eigenvalue weighted by Gasteiger charge is 2.12. The Hall–Kier alpha value is -0.670. The van der Waals surface area contributed by atoms with E-state index in [1.807, 2.05) is 0 Å². The van der Waals surface area contributed by atoms with Gasteiger partial charge in [0, 0.05) is 5.92 Å². The number of hydrogen-bond donors (Lipinski definition) is 1. The van der Waals surface area contributed by atoms with Gasteiger partial charge in [-0.05, 0) is 17.7 Å². The van der Waals surface area contributed by atoms with Gasteiger partial charge in [-0.2, -0.15) is 0 Å². The Bertz CT molecular complexity index is 291. The molecule has 1 nitrogen and oxygen atoms in total. The summed E-state index contributed by atoms with van der Waals surface area (Å²) in [6, 6.07) is 2.19. The van der Waals surface area contributed by atoms with E-state index in [-0.39, 0.29) is 6.61 Å². The number of aliphatic hydroxyl groups excluding tert-OH is 1. The van der Waals surface area contributed by atoms with Gasteiger partial charge in [-0.3, -0.25) is 0 Å². The van der Waals surface area contributed by atoms with E-state index in [4.69, 9.17) is 16.7 Å². The van der Waals surface area contributed by atoms with Crippen LogP contribution in [0, 0.1) is 17.6 Å². The summed E-state index contributed by atoms with van der Waals surface area (Å²) >= 11 is 5.28. The standard InChI is InChI=1S/C9H8ClF2O/c1-5(4-13)6-2-7(11)9(10)8(12)3-6/h2-3,13H,4H2,1H3. The highest BCUT2D eigenvalue weighted by Crippen LogP contribution is 2.23. The Morgan fingerprint density at radius 3 is 2.23 bits per heavy atom. The highest BCUT2D eigenvalue weighted by atomic mass is 35.5. The molecule has 0 unspecified atom stereocenters. The van der Waals surface area contributed by atoms with E-state index in [0.717, 1.165) is 12.1 Å². The molecule has 0 aliphatic rings. The van der Waals surface area contributed by atoms with Gasteiger partial charge in [0.25, 0.3) is 0 Å². The van der Waals surface area contributed by atoms with Crippen molar-refractivity contribution >= 4 is 11.6 Å². The van der Waals surface area contributed by atoms with E-state index in [1.165, 1.54) is 0 Å². The number of halogens is 3. The Labute approximate surface area is 80.0 Å². The molecule has 1 rings (SSSR count). The molecule has 13 heavy (non-hydrogen) atoms. The lowest BCUT2D eigenvalue weighted by Gasteiger charge is -2.08. The number of hydrogen-bond acceptors (Lipinski definition) is 1. The van der Waals surface area contributed by atoms with Crippen molar-refractivity contribution in [2.45, 2.75) is 6.92 Å². The Morgan fingerprint density at radius 2 is 1.85 bits per heavy atom. The zero-order chi connectivity index (χ0) is 10.0. The maximum atomic E-state index is 12.9. The molecule has 0 saturated heterocycles. The molecule has 4 heteroatoms. The molecule has 0 bridgehead atoms. The van der Waals surface area contributed by atoms with Gasteiger partial charge in [-0.1, -0.05) is 18.5 Å². The molecule has 1 aromatic rings. The van der Waals surface area contributed by atoms with Crippen LogP contribution in [0.15, 0.2) is 12.1 Å². The van der Waals surface area contributed by atoms with Gasteiger partial charge >= 0.3 is 0 Å². The lowest BCUT2D eigenvalue weighted by molar-refractivity contribution is 0.314. The van der Waals surface area contributed by atoms with Crippen LogP contribution in [0.1, 0.15) is 12.5 Å². The van der Waals surface area contributed by atoms with Gasteiger partial charge < -0.3 is 5.11 Å². The fourth-order valence-corrected chi connectivity index (χ4v) is 1.00. The molecule has 0 aromatic heterocycles. The van der Waals surface area contributed by atoms with Crippen molar-refractivity contribution in [1.82, 2.24) is 0 Å². The molecule has 0 saturated carbocycles. The second kappa shape index (κ2) is 4.03. The van der Waals surface area contributed by atoms with Crippen LogP contribution >= 0.6 is 11.6 Å². The third kappa shape index (κ3) is 2.17. The first-order chi connectivity index (χ1) is 6.06. The smallest absolute Gasteiger partial charge is 0.145 e. The Morgan fingerprint density at radius 1 is 1.38 bits per heavy atom. The maximum Gasteiger partial charge on any atom is 0.145 e. The van der Waals surface area contributed by atoms with E-state index >= 15 is 0 Å². The summed E-state index contributed by atoms with van der Waals surface area (Å²) in [6.07, 6.45) is 0. The fourth-order valence-electron chi connectivity index (χ4n) is 0.893. The van der Waals surface area contributed by atoms with Crippen molar-refractivity contribution in [3.05, 3.63) is 40.3 Å². The van der Waals surface area contributed by atoms with E-state index in [9.17, 15) is 8.78 Å². The second-order valence-corrected chi connectivity index (χ2v) is 3.07. The molecule has 1 N–H and O–H groups in total. The van der Waals surface area contributed by atoms with Gasteiger partial charge in [0.1, 0.15) is 16.7 Å². The minimum atomic E-state index is -0.815. The van der Waals surface area contributed by atoms with Crippen LogP contribution in [-0.4, -0.2) is 11.7 Å². The van der Waals surface area contributed by atoms with Crippen LogP contribution in [0.3, 0.4) is 0 Å². The normalized spacial score (nSPS) is 10.9. The van der Waals surface area contributed by atoms with Crippen molar-refractivity contribution in [3.63, 3.8) is 0 Å². The van der Waals surface area contributed by atoms with Crippen molar-refractivity contribution in [1.29, 1.82) is 0 Å². The second-order valence-electron chi connectivity index (χ2n) is 2.69. The number of benzene rings is 1. The number of aliphatic hydroxyl groups is 1. The van der Waals surface area contributed by atoms with Gasteiger partial charge in [0.05, 0.1) is 6.61 Å². The first kappa shape index (κ1) is 10.4. The summed E-state index contributed by atoms with van der Waals surface area (Å²) in [5.74, 6) is -1.14. The van der Waals surface area contributed by atoms with Crippen LogP contribution in [0.25, 0.3) is 0 Å². The Balaban J connectivity index is 3.13. The molecular formula is C9H8ClF2O.